The molecule has 61 heavy (non-hydrogen) atoms. The lowest BCUT2D eigenvalue weighted by Gasteiger charge is -2.18. The summed E-state index contributed by atoms with van der Waals surface area (Å²) in [6, 6.07) is 0. The van der Waals surface area contributed by atoms with Gasteiger partial charge in [-0.15, -0.1) is 0 Å². The van der Waals surface area contributed by atoms with E-state index in [1.165, 1.54) is 173 Å². The van der Waals surface area contributed by atoms with Crippen molar-refractivity contribution in [2.45, 2.75) is 297 Å². The molecule has 0 heterocycles. The topological polar surface area (TPSA) is 78.9 Å². The SMILES string of the molecule is CCCCCC/C=C\C/C=C\CCCCCCCC(=O)OC(COC(=O)CCCCCCCC)COC(=O)CCCCCCCCCCCCCCCCCCCCCCC. The summed E-state index contributed by atoms with van der Waals surface area (Å²) >= 11 is 0. The van der Waals surface area contributed by atoms with Crippen LogP contribution in [0.15, 0.2) is 24.3 Å². The monoisotopic (exact) mass is 859 g/mol. The Morgan fingerprint density at radius 1 is 0.328 bits per heavy atom. The Balaban J connectivity index is 4.14. The van der Waals surface area contributed by atoms with Crippen LogP contribution in [0.3, 0.4) is 0 Å². The molecule has 0 aromatic heterocycles. The minimum atomic E-state index is -0.771. The van der Waals surface area contributed by atoms with E-state index in [9.17, 15) is 14.4 Å². The number of carbonyl (C=O) groups is 3. The number of ether oxygens (including phenoxy) is 3. The quantitative estimate of drug-likeness (QED) is 0.0262. The fourth-order valence-corrected chi connectivity index (χ4v) is 7.89. The molecule has 1 unspecified atom stereocenters. The van der Waals surface area contributed by atoms with E-state index in [-0.39, 0.29) is 31.1 Å². The molecule has 6 heteroatoms. The third-order valence-electron chi connectivity index (χ3n) is 12.0. The maximum absolute atomic E-state index is 12.7. The van der Waals surface area contributed by atoms with Gasteiger partial charge in [-0.25, -0.2) is 0 Å². The second-order valence-electron chi connectivity index (χ2n) is 18.2. The van der Waals surface area contributed by atoms with Crippen molar-refractivity contribution in [1.82, 2.24) is 0 Å². The van der Waals surface area contributed by atoms with Crippen molar-refractivity contribution < 1.29 is 28.6 Å². The summed E-state index contributed by atoms with van der Waals surface area (Å²) in [5.41, 5.74) is 0. The van der Waals surface area contributed by atoms with Crippen LogP contribution < -0.4 is 0 Å². The Bertz CT molecular complexity index is 989. The predicted octanol–water partition coefficient (Wildman–Crippen LogP) is 17.5. The Labute approximate surface area is 379 Å². The highest BCUT2D eigenvalue weighted by Gasteiger charge is 2.19. The van der Waals surface area contributed by atoms with Gasteiger partial charge in [0.1, 0.15) is 13.2 Å². The molecule has 358 valence electrons. The van der Waals surface area contributed by atoms with Crippen LogP contribution in [0.4, 0.5) is 0 Å². The summed E-state index contributed by atoms with van der Waals surface area (Å²) in [6.45, 7) is 6.58. The lowest BCUT2D eigenvalue weighted by Crippen LogP contribution is -2.30. The molecule has 0 radical (unpaired) electrons. The fraction of sp³-hybridized carbons (Fsp3) is 0.873. The number of hydrogen-bond donors (Lipinski definition) is 0. The Hall–Kier alpha value is -2.11. The Morgan fingerprint density at radius 2 is 0.590 bits per heavy atom. The van der Waals surface area contributed by atoms with Crippen molar-refractivity contribution in [3.63, 3.8) is 0 Å². The zero-order valence-electron chi connectivity index (χ0n) is 40.9. The molecular formula is C55H102O6. The van der Waals surface area contributed by atoms with Gasteiger partial charge in [-0.05, 0) is 51.4 Å². The van der Waals surface area contributed by atoms with E-state index in [1.807, 2.05) is 0 Å². The summed E-state index contributed by atoms with van der Waals surface area (Å²) < 4.78 is 16.7. The van der Waals surface area contributed by atoms with Crippen LogP contribution in [0.2, 0.25) is 0 Å². The maximum atomic E-state index is 12.7. The van der Waals surface area contributed by atoms with Crippen LogP contribution in [0.5, 0.6) is 0 Å². The number of esters is 3. The van der Waals surface area contributed by atoms with Gasteiger partial charge in [0.2, 0.25) is 0 Å². The number of hydrogen-bond acceptors (Lipinski definition) is 6. The zero-order chi connectivity index (χ0) is 44.4. The zero-order valence-corrected chi connectivity index (χ0v) is 40.9. The first-order valence-corrected chi connectivity index (χ1v) is 26.8. The summed E-state index contributed by atoms with van der Waals surface area (Å²) in [4.78, 5) is 37.8. The first-order chi connectivity index (χ1) is 30.0. The van der Waals surface area contributed by atoms with Crippen LogP contribution >= 0.6 is 0 Å². The second kappa shape index (κ2) is 50.5. The van der Waals surface area contributed by atoms with Crippen LogP contribution in [-0.2, 0) is 28.6 Å². The van der Waals surface area contributed by atoms with Crippen LogP contribution in [-0.4, -0.2) is 37.2 Å². The van der Waals surface area contributed by atoms with Crippen molar-refractivity contribution in [2.24, 2.45) is 0 Å². The molecular weight excluding hydrogens is 757 g/mol. The predicted molar refractivity (Wildman–Crippen MR) is 261 cm³/mol. The van der Waals surface area contributed by atoms with Crippen molar-refractivity contribution in [2.75, 3.05) is 13.2 Å². The fourth-order valence-electron chi connectivity index (χ4n) is 7.89. The summed E-state index contributed by atoms with van der Waals surface area (Å²) in [7, 11) is 0. The third-order valence-corrected chi connectivity index (χ3v) is 12.0. The molecule has 0 amide bonds. The molecule has 0 fully saturated rings. The van der Waals surface area contributed by atoms with Gasteiger partial charge in [0, 0.05) is 19.3 Å². The molecule has 0 aromatic rings. The average Bonchev–Trinajstić information content (AvgIpc) is 3.26. The molecule has 0 bridgehead atoms. The standard InChI is InChI=1S/C55H102O6/c1-4-7-10-13-16-18-20-22-24-26-27-28-29-30-32-33-35-37-39-42-45-48-54(57)60-51-52(50-59-53(56)47-44-41-15-12-9-6-3)61-55(58)49-46-43-40-38-36-34-31-25-23-21-19-17-14-11-8-5-2/h19,21,25,31,52H,4-18,20,22-24,26-30,32-51H2,1-3H3/b21-19-,31-25-. The van der Waals surface area contributed by atoms with Crippen LogP contribution in [0.1, 0.15) is 290 Å². The van der Waals surface area contributed by atoms with E-state index >= 15 is 0 Å². The molecule has 0 spiro atoms. The molecule has 0 aliphatic carbocycles. The van der Waals surface area contributed by atoms with Crippen LogP contribution in [0, 0.1) is 0 Å². The third kappa shape index (κ3) is 48.8. The second-order valence-corrected chi connectivity index (χ2v) is 18.2. The van der Waals surface area contributed by atoms with Gasteiger partial charge in [-0.1, -0.05) is 244 Å². The minimum absolute atomic E-state index is 0.0730. The van der Waals surface area contributed by atoms with E-state index in [2.05, 4.69) is 45.1 Å². The van der Waals surface area contributed by atoms with Gasteiger partial charge < -0.3 is 14.2 Å². The average molecular weight is 859 g/mol. The smallest absolute Gasteiger partial charge is 0.306 e. The first kappa shape index (κ1) is 58.9. The molecule has 1 atom stereocenters. The molecule has 0 saturated carbocycles. The van der Waals surface area contributed by atoms with Crippen LogP contribution in [0.25, 0.3) is 0 Å². The summed E-state index contributed by atoms with van der Waals surface area (Å²) in [6.07, 6.45) is 57.7. The highest BCUT2D eigenvalue weighted by atomic mass is 16.6. The normalized spacial score (nSPS) is 12.1. The highest BCUT2D eigenvalue weighted by Crippen LogP contribution is 2.16. The largest absolute Gasteiger partial charge is 0.462 e. The van der Waals surface area contributed by atoms with Gasteiger partial charge >= 0.3 is 17.9 Å². The van der Waals surface area contributed by atoms with E-state index in [0.29, 0.717) is 19.3 Å². The Morgan fingerprint density at radius 3 is 0.918 bits per heavy atom. The maximum Gasteiger partial charge on any atom is 0.306 e. The molecule has 6 nitrogen and oxygen atoms in total. The van der Waals surface area contributed by atoms with Crippen molar-refractivity contribution in [1.29, 1.82) is 0 Å². The van der Waals surface area contributed by atoms with Gasteiger partial charge in [-0.2, -0.15) is 0 Å². The number of rotatable bonds is 49. The number of carbonyl (C=O) groups excluding carboxylic acids is 3. The lowest BCUT2D eigenvalue weighted by molar-refractivity contribution is -0.167. The van der Waals surface area contributed by atoms with E-state index < -0.39 is 6.10 Å². The molecule has 0 aliphatic rings. The lowest BCUT2D eigenvalue weighted by atomic mass is 10.0. The number of allylic oxidation sites excluding steroid dienone is 4. The van der Waals surface area contributed by atoms with Crippen molar-refractivity contribution >= 4 is 17.9 Å². The minimum Gasteiger partial charge on any atom is -0.462 e. The first-order valence-electron chi connectivity index (χ1n) is 26.8. The van der Waals surface area contributed by atoms with Gasteiger partial charge in [0.25, 0.3) is 0 Å². The van der Waals surface area contributed by atoms with Gasteiger partial charge in [0.05, 0.1) is 0 Å². The Kier molecular flexibility index (Phi) is 48.8. The van der Waals surface area contributed by atoms with E-state index in [4.69, 9.17) is 14.2 Å². The molecule has 0 saturated heterocycles. The molecule has 0 aromatic carbocycles. The summed E-state index contributed by atoms with van der Waals surface area (Å²) in [5.74, 6) is -0.883. The van der Waals surface area contributed by atoms with E-state index in [1.54, 1.807) is 0 Å². The summed E-state index contributed by atoms with van der Waals surface area (Å²) in [5, 5.41) is 0. The van der Waals surface area contributed by atoms with E-state index in [0.717, 1.165) is 77.0 Å². The highest BCUT2D eigenvalue weighted by molar-refractivity contribution is 5.71. The molecule has 0 rings (SSSR count). The molecule has 0 aliphatic heterocycles. The molecule has 0 N–H and O–H groups in total. The number of unbranched alkanes of at least 4 members (excludes halogenated alkanes) is 34. The van der Waals surface area contributed by atoms with Gasteiger partial charge in [-0.3, -0.25) is 14.4 Å². The van der Waals surface area contributed by atoms with Crippen molar-refractivity contribution in [3.05, 3.63) is 24.3 Å². The van der Waals surface area contributed by atoms with Gasteiger partial charge in [0.15, 0.2) is 6.10 Å². The van der Waals surface area contributed by atoms with Crippen molar-refractivity contribution in [3.8, 4) is 0 Å².